The van der Waals surface area contributed by atoms with E-state index in [1.54, 1.807) is 18.2 Å². The molecule has 0 spiro atoms. The molecule has 0 unspecified atom stereocenters. The van der Waals surface area contributed by atoms with E-state index in [4.69, 9.17) is 4.74 Å². The molecule has 7 heteroatoms. The molecule has 0 radical (unpaired) electrons. The number of rotatable bonds is 8. The minimum atomic E-state index is -3.98. The number of sulfonamides is 1. The molecule has 0 fully saturated rings. The van der Waals surface area contributed by atoms with E-state index in [9.17, 15) is 13.2 Å². The van der Waals surface area contributed by atoms with Crippen molar-refractivity contribution >= 4 is 27.3 Å². The first-order valence-corrected chi connectivity index (χ1v) is 11.9. The molecule has 0 saturated heterocycles. The monoisotopic (exact) mass is 452 g/mol. The van der Waals surface area contributed by atoms with Crippen molar-refractivity contribution in [2.75, 3.05) is 17.1 Å². The van der Waals surface area contributed by atoms with Crippen LogP contribution in [0.15, 0.2) is 71.6 Å². The van der Waals surface area contributed by atoms with Crippen LogP contribution in [0.5, 0.6) is 5.75 Å². The lowest BCUT2D eigenvalue weighted by Gasteiger charge is -2.15. The van der Waals surface area contributed by atoms with E-state index in [2.05, 4.69) is 10.0 Å². The van der Waals surface area contributed by atoms with Gasteiger partial charge in [-0.1, -0.05) is 51.1 Å². The summed E-state index contributed by atoms with van der Waals surface area (Å²) in [5, 5.41) is 2.89. The van der Waals surface area contributed by atoms with E-state index in [1.165, 1.54) is 19.2 Å². The Bertz CT molecular complexity index is 1200. The zero-order valence-electron chi connectivity index (χ0n) is 18.7. The van der Waals surface area contributed by atoms with Crippen LogP contribution in [0.2, 0.25) is 0 Å². The van der Waals surface area contributed by atoms with E-state index >= 15 is 0 Å². The summed E-state index contributed by atoms with van der Waals surface area (Å²) in [5.41, 5.74) is 3.45. The summed E-state index contributed by atoms with van der Waals surface area (Å²) in [6, 6.07) is 19.1. The van der Waals surface area contributed by atoms with Gasteiger partial charge >= 0.3 is 0 Å². The number of hydrogen-bond donors (Lipinski definition) is 2. The molecule has 3 aromatic rings. The summed E-state index contributed by atoms with van der Waals surface area (Å²) >= 11 is 0. The number of para-hydroxylation sites is 1. The maximum Gasteiger partial charge on any atom is 0.265 e. The van der Waals surface area contributed by atoms with Gasteiger partial charge in [-0.2, -0.15) is 0 Å². The maximum absolute atomic E-state index is 13.1. The van der Waals surface area contributed by atoms with Gasteiger partial charge in [0.2, 0.25) is 0 Å². The molecule has 6 nitrogen and oxygen atoms in total. The number of nitrogens with one attached hydrogen (secondary N) is 2. The third kappa shape index (κ3) is 5.29. The zero-order chi connectivity index (χ0) is 23.3. The first-order valence-electron chi connectivity index (χ1n) is 10.4. The highest BCUT2D eigenvalue weighted by molar-refractivity contribution is 7.92. The Morgan fingerprint density at radius 1 is 1.00 bits per heavy atom. The van der Waals surface area contributed by atoms with Crippen LogP contribution in [-0.4, -0.2) is 21.4 Å². The number of carbonyl (C=O) groups is 1. The number of amides is 1. The fraction of sp³-hybridized carbons (Fsp3) is 0.240. The lowest BCUT2D eigenvalue weighted by atomic mass is 10.0. The number of aryl methyl sites for hydroxylation is 1. The van der Waals surface area contributed by atoms with Gasteiger partial charge in [-0.05, 0) is 59.9 Å². The Hall–Kier alpha value is -3.32. The SMILES string of the molecule is CCc1ccc(NS(=O)(=O)c2cc(C(=O)Nc3ccccc3C(C)C)ccc2OC)cc1. The molecule has 2 N–H and O–H groups in total. The first-order chi connectivity index (χ1) is 15.2. The average Bonchev–Trinajstić information content (AvgIpc) is 2.79. The average molecular weight is 453 g/mol. The predicted octanol–water partition coefficient (Wildman–Crippen LogP) is 5.43. The third-order valence-electron chi connectivity index (χ3n) is 5.16. The van der Waals surface area contributed by atoms with Crippen LogP contribution in [0.1, 0.15) is 48.2 Å². The van der Waals surface area contributed by atoms with Gasteiger partial charge in [-0.3, -0.25) is 9.52 Å². The third-order valence-corrected chi connectivity index (χ3v) is 6.56. The van der Waals surface area contributed by atoms with Crippen molar-refractivity contribution in [2.45, 2.75) is 38.0 Å². The van der Waals surface area contributed by atoms with Crippen LogP contribution in [-0.2, 0) is 16.4 Å². The van der Waals surface area contributed by atoms with E-state index < -0.39 is 15.9 Å². The highest BCUT2D eigenvalue weighted by Gasteiger charge is 2.22. The summed E-state index contributed by atoms with van der Waals surface area (Å²) in [5.74, 6) is -0.0205. The number of anilines is 2. The van der Waals surface area contributed by atoms with Crippen molar-refractivity contribution in [3.63, 3.8) is 0 Å². The van der Waals surface area contributed by atoms with E-state index in [-0.39, 0.29) is 22.1 Å². The van der Waals surface area contributed by atoms with Gasteiger partial charge in [0.15, 0.2) is 0 Å². The van der Waals surface area contributed by atoms with Crippen LogP contribution >= 0.6 is 0 Å². The fourth-order valence-electron chi connectivity index (χ4n) is 3.36. The molecule has 0 aliphatic carbocycles. The van der Waals surface area contributed by atoms with Crippen molar-refractivity contribution in [3.05, 3.63) is 83.4 Å². The van der Waals surface area contributed by atoms with Crippen molar-refractivity contribution < 1.29 is 17.9 Å². The van der Waals surface area contributed by atoms with Gasteiger partial charge in [-0.15, -0.1) is 0 Å². The molecule has 3 rings (SSSR count). The van der Waals surface area contributed by atoms with Gasteiger partial charge < -0.3 is 10.1 Å². The molecule has 0 atom stereocenters. The second-order valence-corrected chi connectivity index (χ2v) is 9.37. The summed E-state index contributed by atoms with van der Waals surface area (Å²) in [4.78, 5) is 12.8. The number of carbonyl (C=O) groups excluding carboxylic acids is 1. The zero-order valence-corrected chi connectivity index (χ0v) is 19.5. The van der Waals surface area contributed by atoms with Crippen LogP contribution in [0.4, 0.5) is 11.4 Å². The predicted molar refractivity (Wildman–Crippen MR) is 128 cm³/mol. The minimum Gasteiger partial charge on any atom is -0.495 e. The maximum atomic E-state index is 13.1. The molecular formula is C25H28N2O4S. The van der Waals surface area contributed by atoms with Gasteiger partial charge in [0, 0.05) is 16.9 Å². The van der Waals surface area contributed by atoms with Crippen LogP contribution in [0, 0.1) is 0 Å². The topological polar surface area (TPSA) is 84.5 Å². The Morgan fingerprint density at radius 3 is 2.31 bits per heavy atom. The summed E-state index contributed by atoms with van der Waals surface area (Å²) in [6.07, 6.45) is 0.859. The molecule has 168 valence electrons. The van der Waals surface area contributed by atoms with E-state index in [1.807, 2.05) is 57.2 Å². The quantitative estimate of drug-likeness (QED) is 0.477. The first kappa shape index (κ1) is 23.3. The van der Waals surface area contributed by atoms with Crippen LogP contribution in [0.25, 0.3) is 0 Å². The van der Waals surface area contributed by atoms with Crippen molar-refractivity contribution in [3.8, 4) is 5.75 Å². The molecule has 0 heterocycles. The molecule has 0 aromatic heterocycles. The minimum absolute atomic E-state index is 0.107. The van der Waals surface area contributed by atoms with Gasteiger partial charge in [0.05, 0.1) is 7.11 Å². The highest BCUT2D eigenvalue weighted by atomic mass is 32.2. The summed E-state index contributed by atoms with van der Waals surface area (Å²) in [7, 11) is -2.59. The fourth-order valence-corrected chi connectivity index (χ4v) is 4.61. The summed E-state index contributed by atoms with van der Waals surface area (Å²) in [6.45, 7) is 6.11. The number of methoxy groups -OCH3 is 1. The second kappa shape index (κ2) is 9.87. The smallest absolute Gasteiger partial charge is 0.265 e. The molecule has 3 aromatic carbocycles. The highest BCUT2D eigenvalue weighted by Crippen LogP contribution is 2.29. The summed E-state index contributed by atoms with van der Waals surface area (Å²) < 4.78 is 34.0. The van der Waals surface area contributed by atoms with Crippen LogP contribution < -0.4 is 14.8 Å². The second-order valence-electron chi connectivity index (χ2n) is 7.72. The molecule has 0 aliphatic heterocycles. The number of benzene rings is 3. The Labute approximate surface area is 189 Å². The lowest BCUT2D eigenvalue weighted by molar-refractivity contribution is 0.102. The normalized spacial score (nSPS) is 11.3. The molecular weight excluding hydrogens is 424 g/mol. The van der Waals surface area contributed by atoms with Crippen molar-refractivity contribution in [1.82, 2.24) is 0 Å². The molecule has 0 saturated carbocycles. The standard InChI is InChI=1S/C25H28N2O4S/c1-5-18-10-13-20(14-11-18)27-32(29,30)24-16-19(12-15-23(24)31-4)25(28)26-22-9-7-6-8-21(22)17(2)3/h6-17,27H,5H2,1-4H3,(H,26,28). The largest absolute Gasteiger partial charge is 0.495 e. The molecule has 1 amide bonds. The Morgan fingerprint density at radius 2 is 1.69 bits per heavy atom. The number of hydrogen-bond acceptors (Lipinski definition) is 4. The Balaban J connectivity index is 1.91. The number of ether oxygens (including phenoxy) is 1. The van der Waals surface area contributed by atoms with E-state index in [0.717, 1.165) is 17.5 Å². The van der Waals surface area contributed by atoms with Crippen molar-refractivity contribution in [1.29, 1.82) is 0 Å². The lowest BCUT2D eigenvalue weighted by Crippen LogP contribution is -2.17. The molecule has 32 heavy (non-hydrogen) atoms. The van der Waals surface area contributed by atoms with E-state index in [0.29, 0.717) is 11.4 Å². The van der Waals surface area contributed by atoms with Gasteiger partial charge in [0.25, 0.3) is 15.9 Å². The Kier molecular flexibility index (Phi) is 7.20. The molecule has 0 aliphatic rings. The van der Waals surface area contributed by atoms with Crippen molar-refractivity contribution in [2.24, 2.45) is 0 Å². The molecule has 0 bridgehead atoms. The van der Waals surface area contributed by atoms with Gasteiger partial charge in [-0.25, -0.2) is 8.42 Å². The van der Waals surface area contributed by atoms with Crippen LogP contribution in [0.3, 0.4) is 0 Å². The van der Waals surface area contributed by atoms with Gasteiger partial charge in [0.1, 0.15) is 10.6 Å².